The van der Waals surface area contributed by atoms with E-state index in [1.807, 2.05) is 6.07 Å². The standard InChI is InChI=1S/C11H14NO2S.Y/c1-10-6-5-9-12(10)15(13,14)11-7-3-2-4-8-11;/h2-4,7-8,10H,1,5-6,9H2;/q-1;. The fraction of sp³-hybridized carbons (Fsp3) is 0.364. The number of hydrogen-bond acceptors (Lipinski definition) is 2. The Labute approximate surface area is 122 Å². The van der Waals surface area contributed by atoms with Crippen LogP contribution < -0.4 is 0 Å². The Morgan fingerprint density at radius 3 is 2.38 bits per heavy atom. The number of hydrogen-bond donors (Lipinski definition) is 0. The van der Waals surface area contributed by atoms with Gasteiger partial charge in [-0.2, -0.15) is 0 Å². The Morgan fingerprint density at radius 1 is 1.25 bits per heavy atom. The fourth-order valence-corrected chi connectivity index (χ4v) is 3.49. The summed E-state index contributed by atoms with van der Waals surface area (Å²) in [4.78, 5) is 0.362. The number of rotatable bonds is 2. The molecule has 0 aliphatic carbocycles. The van der Waals surface area contributed by atoms with Gasteiger partial charge in [0.1, 0.15) is 0 Å². The molecule has 0 bridgehead atoms. The smallest absolute Gasteiger partial charge is 0.240 e. The van der Waals surface area contributed by atoms with Gasteiger partial charge in [0.05, 0.1) is 4.90 Å². The average Bonchev–Trinajstić information content (AvgIpc) is 2.66. The number of benzene rings is 1. The van der Waals surface area contributed by atoms with Crippen molar-refractivity contribution >= 4 is 10.0 Å². The molecule has 1 saturated heterocycles. The third-order valence-corrected chi connectivity index (χ3v) is 4.64. The molecule has 0 spiro atoms. The quantitative estimate of drug-likeness (QED) is 0.779. The van der Waals surface area contributed by atoms with E-state index in [1.165, 1.54) is 4.31 Å². The number of nitrogens with zero attached hydrogens (tertiary/aromatic N) is 1. The van der Waals surface area contributed by atoms with Gasteiger partial charge in [0.15, 0.2) is 0 Å². The Bertz CT molecular complexity index is 433. The molecule has 16 heavy (non-hydrogen) atoms. The van der Waals surface area contributed by atoms with Gasteiger partial charge >= 0.3 is 0 Å². The van der Waals surface area contributed by atoms with E-state index in [1.54, 1.807) is 24.3 Å². The van der Waals surface area contributed by atoms with Gasteiger partial charge in [0.2, 0.25) is 10.0 Å². The van der Waals surface area contributed by atoms with Crippen LogP contribution in [0.2, 0.25) is 0 Å². The summed E-state index contributed by atoms with van der Waals surface area (Å²) in [6.45, 7) is 4.45. The fourth-order valence-electron chi connectivity index (χ4n) is 1.85. The van der Waals surface area contributed by atoms with Crippen molar-refractivity contribution in [2.45, 2.75) is 23.8 Å². The zero-order valence-electron chi connectivity index (χ0n) is 9.04. The van der Waals surface area contributed by atoms with Crippen molar-refractivity contribution in [3.63, 3.8) is 0 Å². The van der Waals surface area contributed by atoms with E-state index >= 15 is 0 Å². The van der Waals surface area contributed by atoms with Crippen LogP contribution in [-0.2, 0) is 42.7 Å². The van der Waals surface area contributed by atoms with Crippen LogP contribution in [0, 0.1) is 6.92 Å². The molecular formula is C11H14NO2SY-. The Kier molecular flexibility index (Phi) is 5.11. The van der Waals surface area contributed by atoms with E-state index in [2.05, 4.69) is 6.92 Å². The van der Waals surface area contributed by atoms with Crippen molar-refractivity contribution in [2.75, 3.05) is 6.54 Å². The van der Waals surface area contributed by atoms with Crippen LogP contribution in [0.25, 0.3) is 0 Å². The zero-order chi connectivity index (χ0) is 10.9. The first-order valence-corrected chi connectivity index (χ1v) is 6.46. The molecule has 0 N–H and O–H groups in total. The van der Waals surface area contributed by atoms with Gasteiger partial charge < -0.3 is 6.92 Å². The minimum absolute atomic E-state index is 0. The van der Waals surface area contributed by atoms with Gasteiger partial charge in [-0.25, -0.2) is 12.7 Å². The maximum Gasteiger partial charge on any atom is 0.240 e. The average molecular weight is 313 g/mol. The van der Waals surface area contributed by atoms with Crippen molar-refractivity contribution in [3.05, 3.63) is 37.3 Å². The first-order chi connectivity index (χ1) is 7.12. The second-order valence-corrected chi connectivity index (χ2v) is 5.62. The molecular weight excluding hydrogens is 299 g/mol. The molecule has 3 nitrogen and oxygen atoms in total. The summed E-state index contributed by atoms with van der Waals surface area (Å²) in [6, 6.07) is 8.42. The predicted molar refractivity (Wildman–Crippen MR) is 58.7 cm³/mol. The van der Waals surface area contributed by atoms with E-state index in [9.17, 15) is 8.42 Å². The molecule has 0 amide bonds. The second kappa shape index (κ2) is 5.72. The van der Waals surface area contributed by atoms with Gasteiger partial charge in [-0.3, -0.25) is 0 Å². The minimum atomic E-state index is -3.32. The van der Waals surface area contributed by atoms with Crippen molar-refractivity contribution in [1.82, 2.24) is 4.31 Å². The van der Waals surface area contributed by atoms with E-state index in [0.29, 0.717) is 11.4 Å². The van der Waals surface area contributed by atoms with Crippen LogP contribution in [0.4, 0.5) is 0 Å². The van der Waals surface area contributed by atoms with Crippen LogP contribution in [0.15, 0.2) is 35.2 Å². The normalized spacial score (nSPS) is 21.7. The molecule has 0 aromatic heterocycles. The number of sulfonamides is 1. The molecule has 1 heterocycles. The van der Waals surface area contributed by atoms with Gasteiger partial charge in [0, 0.05) is 39.3 Å². The maximum atomic E-state index is 12.1. The predicted octanol–water partition coefficient (Wildman–Crippen LogP) is 1.67. The van der Waals surface area contributed by atoms with Crippen LogP contribution >= 0.6 is 0 Å². The van der Waals surface area contributed by atoms with E-state index in [0.717, 1.165) is 12.8 Å². The molecule has 1 aromatic carbocycles. The molecule has 1 aliphatic rings. The molecule has 1 atom stereocenters. The third kappa shape index (κ3) is 2.73. The summed E-state index contributed by atoms with van der Waals surface area (Å²) < 4.78 is 25.8. The van der Waals surface area contributed by atoms with Gasteiger partial charge in [-0.1, -0.05) is 24.6 Å². The molecule has 1 radical (unpaired) electrons. The zero-order valence-corrected chi connectivity index (χ0v) is 12.7. The van der Waals surface area contributed by atoms with Crippen molar-refractivity contribution in [2.24, 2.45) is 0 Å². The molecule has 1 aromatic rings. The Balaban J connectivity index is 0.00000128. The summed E-state index contributed by atoms with van der Waals surface area (Å²) in [5.41, 5.74) is 0. The van der Waals surface area contributed by atoms with Gasteiger partial charge in [-0.05, 0) is 18.6 Å². The first kappa shape index (κ1) is 14.3. The summed E-state index contributed by atoms with van der Waals surface area (Å²) in [7, 11) is -3.32. The molecule has 0 saturated carbocycles. The Morgan fingerprint density at radius 2 is 1.88 bits per heavy atom. The van der Waals surface area contributed by atoms with E-state index in [4.69, 9.17) is 0 Å². The molecule has 1 unspecified atom stereocenters. The molecule has 2 rings (SSSR count). The van der Waals surface area contributed by atoms with Crippen LogP contribution in [-0.4, -0.2) is 25.3 Å². The summed E-state index contributed by atoms with van der Waals surface area (Å²) in [5.74, 6) is 0. The van der Waals surface area contributed by atoms with Crippen LogP contribution in [0.1, 0.15) is 12.8 Å². The molecule has 1 fully saturated rings. The van der Waals surface area contributed by atoms with E-state index in [-0.39, 0.29) is 38.8 Å². The summed E-state index contributed by atoms with van der Waals surface area (Å²) in [5, 5.41) is 0. The van der Waals surface area contributed by atoms with E-state index < -0.39 is 10.0 Å². The molecule has 85 valence electrons. The van der Waals surface area contributed by atoms with Gasteiger partial charge in [0.25, 0.3) is 0 Å². The minimum Gasteiger partial charge on any atom is -0.325 e. The first-order valence-electron chi connectivity index (χ1n) is 5.02. The van der Waals surface area contributed by atoms with Crippen LogP contribution in [0.3, 0.4) is 0 Å². The Hall–Kier alpha value is 0.234. The summed E-state index contributed by atoms with van der Waals surface area (Å²) >= 11 is 0. The van der Waals surface area contributed by atoms with Crippen molar-refractivity contribution in [1.29, 1.82) is 0 Å². The summed E-state index contributed by atoms with van der Waals surface area (Å²) in [6.07, 6.45) is 1.76. The van der Waals surface area contributed by atoms with Crippen molar-refractivity contribution < 1.29 is 41.1 Å². The molecule has 5 heteroatoms. The SMILES string of the molecule is [CH2-]C1CCCN1S(=O)(=O)c1ccccc1.[Y]. The monoisotopic (exact) mass is 313 g/mol. The van der Waals surface area contributed by atoms with Gasteiger partial charge in [-0.15, -0.1) is 6.04 Å². The maximum absolute atomic E-state index is 12.1. The second-order valence-electron chi connectivity index (χ2n) is 3.72. The van der Waals surface area contributed by atoms with Crippen LogP contribution in [0.5, 0.6) is 0 Å². The topological polar surface area (TPSA) is 37.4 Å². The molecule has 1 aliphatic heterocycles. The largest absolute Gasteiger partial charge is 0.325 e. The third-order valence-electron chi connectivity index (χ3n) is 2.67. The van der Waals surface area contributed by atoms with Crippen molar-refractivity contribution in [3.8, 4) is 0 Å².